The number of rotatable bonds is 4. The molecule has 3 fully saturated rings. The average Bonchev–Trinajstić information content (AvgIpc) is 2.94. The van der Waals surface area contributed by atoms with Crippen LogP contribution in [0.4, 0.5) is 0 Å². The molecule has 1 aliphatic heterocycles. The fourth-order valence-electron chi connectivity index (χ4n) is 3.77. The summed E-state index contributed by atoms with van der Waals surface area (Å²) in [5, 5.41) is 14.2. The van der Waals surface area contributed by atoms with Crippen LogP contribution >= 0.6 is 11.6 Å². The van der Waals surface area contributed by atoms with Gasteiger partial charge in [0.1, 0.15) is 0 Å². The lowest BCUT2D eigenvalue weighted by Gasteiger charge is -2.30. The molecule has 3 aliphatic rings. The van der Waals surface area contributed by atoms with Crippen LogP contribution in [0.3, 0.4) is 0 Å². The molecule has 0 radical (unpaired) electrons. The van der Waals surface area contributed by atoms with Gasteiger partial charge in [-0.25, -0.2) is 0 Å². The van der Waals surface area contributed by atoms with E-state index in [2.05, 4.69) is 5.32 Å². The first-order chi connectivity index (χ1) is 8.22. The van der Waals surface area contributed by atoms with Crippen LogP contribution in [0.1, 0.15) is 51.4 Å². The van der Waals surface area contributed by atoms with Gasteiger partial charge in [0.05, 0.1) is 6.10 Å². The molecular weight excluding hydrogens is 234 g/mol. The smallest absolute Gasteiger partial charge is 0.0569 e. The molecule has 98 valence electrons. The average molecular weight is 258 g/mol. The van der Waals surface area contributed by atoms with Crippen LogP contribution < -0.4 is 5.32 Å². The third kappa shape index (κ3) is 2.97. The second-order valence-electron chi connectivity index (χ2n) is 6.37. The third-order valence-corrected chi connectivity index (χ3v) is 5.36. The SMILES string of the molecule is OC(CC[C@H]1C[C@H]2C[C@H]2N1)C1CCCC(Cl)C1. The highest BCUT2D eigenvalue weighted by atomic mass is 35.5. The van der Waals surface area contributed by atoms with Crippen molar-refractivity contribution in [3.63, 3.8) is 0 Å². The van der Waals surface area contributed by atoms with E-state index in [1.807, 2.05) is 0 Å². The Bertz CT molecular complexity index is 263. The second-order valence-corrected chi connectivity index (χ2v) is 6.99. The number of halogens is 1. The van der Waals surface area contributed by atoms with E-state index < -0.39 is 0 Å². The van der Waals surface area contributed by atoms with Gasteiger partial charge in [0, 0.05) is 17.5 Å². The van der Waals surface area contributed by atoms with Crippen LogP contribution in [-0.2, 0) is 0 Å². The molecule has 3 rings (SSSR count). The Morgan fingerprint density at radius 3 is 2.82 bits per heavy atom. The van der Waals surface area contributed by atoms with Crippen LogP contribution in [0.15, 0.2) is 0 Å². The number of aliphatic hydroxyl groups excluding tert-OH is 1. The molecule has 0 aromatic carbocycles. The van der Waals surface area contributed by atoms with Crippen molar-refractivity contribution in [3.05, 3.63) is 0 Å². The maximum Gasteiger partial charge on any atom is 0.0569 e. The molecule has 0 aromatic heterocycles. The van der Waals surface area contributed by atoms with E-state index in [1.54, 1.807) is 0 Å². The number of aliphatic hydroxyl groups is 1. The van der Waals surface area contributed by atoms with Gasteiger partial charge in [-0.2, -0.15) is 0 Å². The molecule has 0 bridgehead atoms. The highest BCUT2D eigenvalue weighted by Crippen LogP contribution is 2.42. The monoisotopic (exact) mass is 257 g/mol. The van der Waals surface area contributed by atoms with Gasteiger partial charge in [0.25, 0.3) is 0 Å². The quantitative estimate of drug-likeness (QED) is 0.759. The minimum Gasteiger partial charge on any atom is -0.393 e. The Labute approximate surface area is 109 Å². The van der Waals surface area contributed by atoms with E-state index in [1.165, 1.54) is 25.7 Å². The maximum atomic E-state index is 10.2. The summed E-state index contributed by atoms with van der Waals surface area (Å²) in [5.74, 6) is 1.43. The lowest BCUT2D eigenvalue weighted by molar-refractivity contribution is 0.0737. The topological polar surface area (TPSA) is 32.3 Å². The Balaban J connectivity index is 1.38. The zero-order valence-electron chi connectivity index (χ0n) is 10.4. The van der Waals surface area contributed by atoms with Gasteiger partial charge in [-0.05, 0) is 56.8 Å². The zero-order valence-corrected chi connectivity index (χ0v) is 11.2. The molecule has 0 amide bonds. The van der Waals surface area contributed by atoms with Gasteiger partial charge >= 0.3 is 0 Å². The van der Waals surface area contributed by atoms with Crippen molar-refractivity contribution in [2.45, 2.75) is 74.9 Å². The van der Waals surface area contributed by atoms with E-state index in [-0.39, 0.29) is 6.10 Å². The molecule has 3 heteroatoms. The van der Waals surface area contributed by atoms with Crippen LogP contribution in [0.25, 0.3) is 0 Å². The van der Waals surface area contributed by atoms with E-state index >= 15 is 0 Å². The Hall–Kier alpha value is 0.210. The highest BCUT2D eigenvalue weighted by Gasteiger charge is 2.45. The number of nitrogens with one attached hydrogen (secondary N) is 1. The van der Waals surface area contributed by atoms with E-state index in [9.17, 15) is 5.11 Å². The highest BCUT2D eigenvalue weighted by molar-refractivity contribution is 6.20. The van der Waals surface area contributed by atoms with Crippen LogP contribution in [0.2, 0.25) is 0 Å². The zero-order chi connectivity index (χ0) is 11.8. The Kier molecular flexibility index (Phi) is 3.65. The molecule has 2 N–H and O–H groups in total. The predicted octanol–water partition coefficient (Wildman–Crippen LogP) is 2.68. The van der Waals surface area contributed by atoms with Gasteiger partial charge < -0.3 is 10.4 Å². The minimum atomic E-state index is -0.115. The van der Waals surface area contributed by atoms with Crippen molar-refractivity contribution in [2.24, 2.45) is 11.8 Å². The summed E-state index contributed by atoms with van der Waals surface area (Å²) >= 11 is 6.18. The van der Waals surface area contributed by atoms with E-state index in [0.29, 0.717) is 17.3 Å². The molecule has 2 saturated carbocycles. The summed E-state index contributed by atoms with van der Waals surface area (Å²) in [7, 11) is 0. The summed E-state index contributed by atoms with van der Waals surface area (Å²) in [4.78, 5) is 0. The largest absolute Gasteiger partial charge is 0.393 e. The van der Waals surface area contributed by atoms with Crippen molar-refractivity contribution >= 4 is 11.6 Å². The molecule has 0 spiro atoms. The van der Waals surface area contributed by atoms with Crippen molar-refractivity contribution < 1.29 is 5.11 Å². The fraction of sp³-hybridized carbons (Fsp3) is 1.00. The molecule has 0 aromatic rings. The standard InChI is InChI=1S/C14H24ClNO/c15-11-3-1-2-9(6-11)14(17)5-4-12-7-10-8-13(10)16-12/h9-14,16-17H,1-8H2/t9?,10-,11?,12-,13+,14?/m0/s1. The van der Waals surface area contributed by atoms with Gasteiger partial charge in [0.2, 0.25) is 0 Å². The Morgan fingerprint density at radius 1 is 1.24 bits per heavy atom. The third-order valence-electron chi connectivity index (χ3n) is 4.97. The maximum absolute atomic E-state index is 10.2. The summed E-state index contributed by atoms with van der Waals surface area (Å²) in [6.45, 7) is 0. The first-order valence-electron chi connectivity index (χ1n) is 7.30. The normalized spacial score (nSPS) is 46.6. The van der Waals surface area contributed by atoms with Gasteiger partial charge in [0.15, 0.2) is 0 Å². The molecular formula is C14H24ClNO. The molecule has 1 saturated heterocycles. The number of hydrogen-bond donors (Lipinski definition) is 2. The van der Waals surface area contributed by atoms with Gasteiger partial charge in [-0.15, -0.1) is 11.6 Å². The molecule has 6 atom stereocenters. The lowest BCUT2D eigenvalue weighted by atomic mass is 9.83. The molecule has 3 unspecified atom stereocenters. The van der Waals surface area contributed by atoms with Crippen LogP contribution in [0.5, 0.6) is 0 Å². The predicted molar refractivity (Wildman–Crippen MR) is 70.3 cm³/mol. The van der Waals surface area contributed by atoms with Crippen molar-refractivity contribution in [2.75, 3.05) is 0 Å². The first kappa shape index (κ1) is 12.3. The molecule has 17 heavy (non-hydrogen) atoms. The van der Waals surface area contributed by atoms with Crippen molar-refractivity contribution in [1.29, 1.82) is 0 Å². The van der Waals surface area contributed by atoms with Crippen molar-refractivity contribution in [1.82, 2.24) is 5.32 Å². The summed E-state index contributed by atoms with van der Waals surface area (Å²) in [6.07, 6.45) is 9.27. The number of piperidine rings is 1. The lowest BCUT2D eigenvalue weighted by Crippen LogP contribution is -2.31. The van der Waals surface area contributed by atoms with Crippen LogP contribution in [0, 0.1) is 11.8 Å². The summed E-state index contributed by atoms with van der Waals surface area (Å²) < 4.78 is 0. The number of alkyl halides is 1. The van der Waals surface area contributed by atoms with E-state index in [0.717, 1.165) is 37.6 Å². The number of hydrogen-bond acceptors (Lipinski definition) is 2. The van der Waals surface area contributed by atoms with Gasteiger partial charge in [-0.1, -0.05) is 6.42 Å². The van der Waals surface area contributed by atoms with E-state index in [4.69, 9.17) is 11.6 Å². The van der Waals surface area contributed by atoms with Crippen molar-refractivity contribution in [3.8, 4) is 0 Å². The molecule has 2 aliphatic carbocycles. The van der Waals surface area contributed by atoms with Gasteiger partial charge in [-0.3, -0.25) is 0 Å². The Morgan fingerprint density at radius 2 is 2.12 bits per heavy atom. The summed E-state index contributed by atoms with van der Waals surface area (Å²) in [6, 6.07) is 1.52. The minimum absolute atomic E-state index is 0.115. The first-order valence-corrected chi connectivity index (χ1v) is 7.74. The molecule has 2 nitrogen and oxygen atoms in total. The number of fused-ring (bicyclic) bond motifs is 1. The fourth-order valence-corrected chi connectivity index (χ4v) is 4.16. The molecule has 1 heterocycles. The second kappa shape index (κ2) is 5.07. The summed E-state index contributed by atoms with van der Waals surface area (Å²) in [5.41, 5.74) is 0. The van der Waals surface area contributed by atoms with Crippen LogP contribution in [-0.4, -0.2) is 28.7 Å².